The van der Waals surface area contributed by atoms with Gasteiger partial charge in [-0.3, -0.25) is 0 Å². The van der Waals surface area contributed by atoms with Gasteiger partial charge in [0.15, 0.2) is 12.4 Å². The van der Waals surface area contributed by atoms with Gasteiger partial charge in [0.1, 0.15) is 0 Å². The molecule has 0 unspecified atom stereocenters. The predicted molar refractivity (Wildman–Crippen MR) is 28.1 cm³/mol. The number of nitrogens with two attached hydrogens (primary N) is 2. The zero-order chi connectivity index (χ0) is 5.41. The van der Waals surface area contributed by atoms with Crippen LogP contribution in [0.25, 0.3) is 0 Å². The SMILES string of the molecule is N#CN.N#CN.[BaH2]. The molecule has 0 saturated heterocycles. The molecule has 7 heavy (non-hydrogen) atoms. The molecule has 0 fully saturated rings. The van der Waals surface area contributed by atoms with Gasteiger partial charge >= 0.3 is 48.9 Å². The van der Waals surface area contributed by atoms with E-state index in [0.717, 1.165) is 0 Å². The molecule has 0 spiro atoms. The van der Waals surface area contributed by atoms with Gasteiger partial charge < -0.3 is 11.5 Å². The van der Waals surface area contributed by atoms with Crippen LogP contribution in [0.2, 0.25) is 0 Å². The first kappa shape index (κ1) is 15.7. The van der Waals surface area contributed by atoms with E-state index in [9.17, 15) is 0 Å². The first-order chi connectivity index (χ1) is 2.83. The Morgan fingerprint density at radius 3 is 1.00 bits per heavy atom. The molecule has 0 aromatic rings. The van der Waals surface area contributed by atoms with E-state index in [-0.39, 0.29) is 48.9 Å². The summed E-state index contributed by atoms with van der Waals surface area (Å²) in [6.07, 6.45) is 2.50. The summed E-state index contributed by atoms with van der Waals surface area (Å²) in [6.45, 7) is 0. The summed E-state index contributed by atoms with van der Waals surface area (Å²) in [4.78, 5) is 0. The fourth-order valence-corrected chi connectivity index (χ4v) is 0. The van der Waals surface area contributed by atoms with E-state index in [2.05, 4.69) is 11.5 Å². The summed E-state index contributed by atoms with van der Waals surface area (Å²) in [7, 11) is 0. The maximum atomic E-state index is 7.10. The molecule has 4 nitrogen and oxygen atoms in total. The molecule has 0 aromatic heterocycles. The Morgan fingerprint density at radius 1 is 1.00 bits per heavy atom. The minimum absolute atomic E-state index is 0. The molecule has 0 saturated carbocycles. The molecule has 0 aromatic carbocycles. The zero-order valence-electron chi connectivity index (χ0n) is 3.05. The van der Waals surface area contributed by atoms with Crippen molar-refractivity contribution in [2.75, 3.05) is 0 Å². The van der Waals surface area contributed by atoms with Crippen molar-refractivity contribution in [3.8, 4) is 12.4 Å². The van der Waals surface area contributed by atoms with Crippen molar-refractivity contribution in [1.29, 1.82) is 10.5 Å². The number of hydrogen-bond donors (Lipinski definition) is 2. The molecule has 0 aliphatic rings. The minimum atomic E-state index is 0. The molecule has 0 heterocycles. The summed E-state index contributed by atoms with van der Waals surface area (Å²) in [5, 5.41) is 14.2. The molecular formula is C2H6BaN4. The van der Waals surface area contributed by atoms with Crippen LogP contribution in [0.5, 0.6) is 0 Å². The molecule has 0 radical (unpaired) electrons. The van der Waals surface area contributed by atoms with Crippen molar-refractivity contribution in [3.05, 3.63) is 0 Å². The molecule has 0 aliphatic heterocycles. The van der Waals surface area contributed by atoms with Crippen molar-refractivity contribution in [1.82, 2.24) is 0 Å². The van der Waals surface area contributed by atoms with E-state index >= 15 is 0 Å². The summed E-state index contributed by atoms with van der Waals surface area (Å²) in [5.41, 5.74) is 8.31. The van der Waals surface area contributed by atoms with Gasteiger partial charge in [-0.2, -0.15) is 10.5 Å². The molecule has 0 aliphatic carbocycles. The third kappa shape index (κ3) is 4620. The quantitative estimate of drug-likeness (QED) is 0.280. The van der Waals surface area contributed by atoms with Gasteiger partial charge in [0.05, 0.1) is 0 Å². The maximum absolute atomic E-state index is 7.10. The molecule has 0 rings (SSSR count). The number of nitriles is 2. The number of nitrogens with zero attached hydrogens (tertiary/aromatic N) is 2. The van der Waals surface area contributed by atoms with Gasteiger partial charge in [-0.25, -0.2) is 0 Å². The van der Waals surface area contributed by atoms with E-state index < -0.39 is 0 Å². The van der Waals surface area contributed by atoms with E-state index in [4.69, 9.17) is 10.5 Å². The molecule has 4 N–H and O–H groups in total. The van der Waals surface area contributed by atoms with Crippen LogP contribution in [-0.4, -0.2) is 48.9 Å². The van der Waals surface area contributed by atoms with Crippen LogP contribution in [0, 0.1) is 22.9 Å². The number of rotatable bonds is 0. The van der Waals surface area contributed by atoms with Gasteiger partial charge in [-0.1, -0.05) is 0 Å². The van der Waals surface area contributed by atoms with E-state index in [1.165, 1.54) is 12.4 Å². The zero-order valence-corrected chi connectivity index (χ0v) is 3.05. The second-order valence-electron chi connectivity index (χ2n) is 0.258. The third-order valence-corrected chi connectivity index (χ3v) is 0. The second kappa shape index (κ2) is 35.3. The van der Waals surface area contributed by atoms with Gasteiger partial charge in [0.2, 0.25) is 0 Å². The first-order valence-corrected chi connectivity index (χ1v) is 1.02. The van der Waals surface area contributed by atoms with Gasteiger partial charge in [0, 0.05) is 0 Å². The van der Waals surface area contributed by atoms with Crippen molar-refractivity contribution in [2.45, 2.75) is 0 Å². The average molecular weight is 223 g/mol. The molecule has 0 atom stereocenters. The van der Waals surface area contributed by atoms with Crippen LogP contribution in [0.15, 0.2) is 0 Å². The Balaban J connectivity index is -0.0000000400. The van der Waals surface area contributed by atoms with Crippen molar-refractivity contribution in [2.24, 2.45) is 11.5 Å². The van der Waals surface area contributed by atoms with E-state index in [1.807, 2.05) is 0 Å². The Kier molecular flexibility index (Phi) is 79.1. The Labute approximate surface area is 82.2 Å². The molecule has 0 amide bonds. The number of hydrogen-bond acceptors (Lipinski definition) is 4. The Bertz CT molecular complexity index is 64.7. The standard InChI is InChI=1S/2CH2N2.Ba.2H/c2*2-1-3;;;/h2*2H2;;;. The van der Waals surface area contributed by atoms with Crippen LogP contribution in [0.3, 0.4) is 0 Å². The predicted octanol–water partition coefficient (Wildman–Crippen LogP) is -2.06. The fourth-order valence-electron chi connectivity index (χ4n) is 0. The van der Waals surface area contributed by atoms with Crippen LogP contribution >= 0.6 is 0 Å². The topological polar surface area (TPSA) is 99.6 Å². The third-order valence-electron chi connectivity index (χ3n) is 0. The van der Waals surface area contributed by atoms with E-state index in [0.29, 0.717) is 0 Å². The monoisotopic (exact) mass is 224 g/mol. The van der Waals surface area contributed by atoms with Gasteiger partial charge in [-0.05, 0) is 0 Å². The van der Waals surface area contributed by atoms with Crippen LogP contribution in [-0.2, 0) is 0 Å². The average Bonchev–Trinajstić information content (AvgIpc) is 1.39. The summed E-state index contributed by atoms with van der Waals surface area (Å²) in [5.74, 6) is 0. The molecule has 36 valence electrons. The van der Waals surface area contributed by atoms with Gasteiger partial charge in [0.25, 0.3) is 0 Å². The fraction of sp³-hybridized carbons (Fsp3) is 0. The van der Waals surface area contributed by atoms with Gasteiger partial charge in [-0.15, -0.1) is 0 Å². The summed E-state index contributed by atoms with van der Waals surface area (Å²) in [6, 6.07) is 0. The summed E-state index contributed by atoms with van der Waals surface area (Å²) < 4.78 is 0. The van der Waals surface area contributed by atoms with E-state index in [1.54, 1.807) is 0 Å². The van der Waals surface area contributed by atoms with Crippen LogP contribution < -0.4 is 11.5 Å². The first-order valence-electron chi connectivity index (χ1n) is 1.02. The second-order valence-corrected chi connectivity index (χ2v) is 0.258. The molecule has 0 bridgehead atoms. The van der Waals surface area contributed by atoms with Crippen molar-refractivity contribution in [3.63, 3.8) is 0 Å². The Morgan fingerprint density at radius 2 is 1.00 bits per heavy atom. The summed E-state index contributed by atoms with van der Waals surface area (Å²) >= 11 is 0. The molecule has 5 heteroatoms. The van der Waals surface area contributed by atoms with Crippen LogP contribution in [0.1, 0.15) is 0 Å². The van der Waals surface area contributed by atoms with Crippen molar-refractivity contribution >= 4 is 48.9 Å². The Hall–Kier alpha value is 0.151. The molecular weight excluding hydrogens is 217 g/mol. The normalized spacial score (nSPS) is 2.00. The van der Waals surface area contributed by atoms with Crippen LogP contribution in [0.4, 0.5) is 0 Å². The van der Waals surface area contributed by atoms with Crippen molar-refractivity contribution < 1.29 is 0 Å².